The molecule has 2 heterocycles. The number of nitrogens with zero attached hydrogens (tertiary/aromatic N) is 2. The summed E-state index contributed by atoms with van der Waals surface area (Å²) in [6, 6.07) is 3.82. The molecular weight excluding hydrogens is 270 g/mol. The molecule has 0 aromatic carbocycles. The minimum atomic E-state index is -0.335. The second-order valence-corrected chi connectivity index (χ2v) is 5.11. The molecule has 6 heteroatoms. The molecule has 6 nitrogen and oxygen atoms in total. The monoisotopic (exact) mass is 293 g/mol. The summed E-state index contributed by atoms with van der Waals surface area (Å²) in [6.07, 6.45) is 1.54. The summed E-state index contributed by atoms with van der Waals surface area (Å²) in [6.45, 7) is 8.78. The summed E-state index contributed by atoms with van der Waals surface area (Å²) >= 11 is 0. The van der Waals surface area contributed by atoms with Gasteiger partial charge < -0.3 is 14.8 Å². The minimum Gasteiger partial charge on any atom is -0.462 e. The van der Waals surface area contributed by atoms with Gasteiger partial charge in [0.1, 0.15) is 5.82 Å². The Hall–Kier alpha value is -1.66. The number of pyridine rings is 1. The first kappa shape index (κ1) is 15.7. The molecule has 0 amide bonds. The van der Waals surface area contributed by atoms with Gasteiger partial charge in [-0.25, -0.2) is 9.78 Å². The maximum absolute atomic E-state index is 11.5. The van der Waals surface area contributed by atoms with Crippen molar-refractivity contribution in [1.82, 2.24) is 9.88 Å². The van der Waals surface area contributed by atoms with Crippen LogP contribution in [0.2, 0.25) is 0 Å². The lowest BCUT2D eigenvalue weighted by molar-refractivity contribution is 0.0368. The molecule has 1 aliphatic heterocycles. The maximum Gasteiger partial charge on any atom is 0.339 e. The number of rotatable bonds is 6. The average molecular weight is 293 g/mol. The van der Waals surface area contributed by atoms with Gasteiger partial charge in [0.25, 0.3) is 0 Å². The Labute approximate surface area is 125 Å². The largest absolute Gasteiger partial charge is 0.462 e. The first-order chi connectivity index (χ1) is 10.2. The predicted molar refractivity (Wildman–Crippen MR) is 80.5 cm³/mol. The summed E-state index contributed by atoms with van der Waals surface area (Å²) in [5, 5.41) is 3.34. The van der Waals surface area contributed by atoms with Crippen LogP contribution in [0.15, 0.2) is 18.3 Å². The van der Waals surface area contributed by atoms with Crippen molar-refractivity contribution < 1.29 is 14.3 Å². The van der Waals surface area contributed by atoms with Crippen molar-refractivity contribution in [3.05, 3.63) is 23.9 Å². The maximum atomic E-state index is 11.5. The Morgan fingerprint density at radius 2 is 2.24 bits per heavy atom. The van der Waals surface area contributed by atoms with E-state index in [-0.39, 0.29) is 12.0 Å². The van der Waals surface area contributed by atoms with Crippen molar-refractivity contribution in [3.63, 3.8) is 0 Å². The van der Waals surface area contributed by atoms with Crippen molar-refractivity contribution in [2.24, 2.45) is 0 Å². The van der Waals surface area contributed by atoms with E-state index in [1.807, 2.05) is 6.07 Å². The molecule has 0 bridgehead atoms. The first-order valence-electron chi connectivity index (χ1n) is 7.39. The van der Waals surface area contributed by atoms with Crippen LogP contribution in [-0.2, 0) is 9.47 Å². The van der Waals surface area contributed by atoms with Gasteiger partial charge in [-0.15, -0.1) is 0 Å². The third kappa shape index (κ3) is 4.99. The van der Waals surface area contributed by atoms with Crippen LogP contribution in [-0.4, -0.2) is 61.3 Å². The van der Waals surface area contributed by atoms with E-state index in [0.717, 1.165) is 38.7 Å². The van der Waals surface area contributed by atoms with E-state index in [9.17, 15) is 4.79 Å². The first-order valence-corrected chi connectivity index (χ1v) is 7.39. The fourth-order valence-electron chi connectivity index (χ4n) is 2.28. The van der Waals surface area contributed by atoms with Crippen molar-refractivity contribution in [2.75, 3.05) is 44.8 Å². The highest BCUT2D eigenvalue weighted by molar-refractivity contribution is 5.89. The fourth-order valence-corrected chi connectivity index (χ4v) is 2.28. The molecular formula is C15H23N3O3. The van der Waals surface area contributed by atoms with E-state index in [2.05, 4.69) is 22.1 Å². The zero-order chi connectivity index (χ0) is 15.1. The molecule has 1 unspecified atom stereocenters. The number of esters is 1. The van der Waals surface area contributed by atoms with Gasteiger partial charge >= 0.3 is 5.97 Å². The molecule has 1 aromatic heterocycles. The summed E-state index contributed by atoms with van der Waals surface area (Å²) in [5.41, 5.74) is 0.475. The van der Waals surface area contributed by atoms with Crippen molar-refractivity contribution in [3.8, 4) is 0 Å². The van der Waals surface area contributed by atoms with E-state index in [0.29, 0.717) is 12.2 Å². The molecule has 2 rings (SSSR count). The van der Waals surface area contributed by atoms with Crippen LogP contribution in [0.4, 0.5) is 5.82 Å². The van der Waals surface area contributed by atoms with Gasteiger partial charge in [0.15, 0.2) is 0 Å². The van der Waals surface area contributed by atoms with Gasteiger partial charge in [-0.2, -0.15) is 0 Å². The lowest BCUT2D eigenvalue weighted by atomic mass is 10.2. The molecule has 1 atom stereocenters. The normalized spacial score (nSPS) is 17.2. The lowest BCUT2D eigenvalue weighted by Crippen LogP contribution is -2.42. The Morgan fingerprint density at radius 1 is 1.48 bits per heavy atom. The molecule has 21 heavy (non-hydrogen) atoms. The standard InChI is InChI=1S/C15H23N3O3/c1-3-21-15(19)13-4-5-14(16-10-13)17-12(2)11-18-6-8-20-9-7-18/h4-5,10,12H,3,6-9,11H2,1-2H3,(H,16,17). The van der Waals surface area contributed by atoms with Crippen LogP contribution in [0.3, 0.4) is 0 Å². The molecule has 1 saturated heterocycles. The lowest BCUT2D eigenvalue weighted by Gasteiger charge is -2.29. The number of nitrogens with one attached hydrogen (secondary N) is 1. The van der Waals surface area contributed by atoms with Gasteiger partial charge in [-0.3, -0.25) is 4.90 Å². The van der Waals surface area contributed by atoms with Crippen LogP contribution in [0.5, 0.6) is 0 Å². The van der Waals surface area contributed by atoms with Crippen molar-refractivity contribution >= 4 is 11.8 Å². The molecule has 0 saturated carbocycles. The Balaban J connectivity index is 1.83. The number of hydrogen-bond donors (Lipinski definition) is 1. The van der Waals surface area contributed by atoms with Gasteiger partial charge in [0, 0.05) is 31.9 Å². The highest BCUT2D eigenvalue weighted by atomic mass is 16.5. The van der Waals surface area contributed by atoms with Crippen molar-refractivity contribution in [2.45, 2.75) is 19.9 Å². The topological polar surface area (TPSA) is 63.7 Å². The average Bonchev–Trinajstić information content (AvgIpc) is 2.49. The molecule has 0 spiro atoms. The zero-order valence-corrected chi connectivity index (χ0v) is 12.7. The van der Waals surface area contributed by atoms with E-state index in [1.165, 1.54) is 0 Å². The fraction of sp³-hybridized carbons (Fsp3) is 0.600. The Morgan fingerprint density at radius 3 is 2.86 bits per heavy atom. The molecule has 1 N–H and O–H groups in total. The number of ether oxygens (including phenoxy) is 2. The molecule has 1 aromatic rings. The number of carbonyl (C=O) groups excluding carboxylic acids is 1. The smallest absolute Gasteiger partial charge is 0.339 e. The van der Waals surface area contributed by atoms with Gasteiger partial charge in [-0.1, -0.05) is 0 Å². The highest BCUT2D eigenvalue weighted by Crippen LogP contribution is 2.09. The quantitative estimate of drug-likeness (QED) is 0.800. The summed E-state index contributed by atoms with van der Waals surface area (Å²) in [4.78, 5) is 18.2. The number of aromatic nitrogens is 1. The third-order valence-electron chi connectivity index (χ3n) is 3.30. The Bertz CT molecular complexity index is 444. The summed E-state index contributed by atoms with van der Waals surface area (Å²) < 4.78 is 10.3. The number of carbonyl (C=O) groups is 1. The van der Waals surface area contributed by atoms with Crippen LogP contribution in [0.1, 0.15) is 24.2 Å². The zero-order valence-electron chi connectivity index (χ0n) is 12.7. The molecule has 1 aliphatic rings. The third-order valence-corrected chi connectivity index (χ3v) is 3.30. The van der Waals surface area contributed by atoms with Gasteiger partial charge in [0.05, 0.1) is 25.4 Å². The van der Waals surface area contributed by atoms with E-state index in [4.69, 9.17) is 9.47 Å². The van der Waals surface area contributed by atoms with E-state index in [1.54, 1.807) is 19.2 Å². The van der Waals surface area contributed by atoms with Gasteiger partial charge in [0.2, 0.25) is 0 Å². The molecule has 1 fully saturated rings. The Kier molecular flexibility index (Phi) is 5.95. The molecule has 0 radical (unpaired) electrons. The predicted octanol–water partition coefficient (Wildman–Crippen LogP) is 1.39. The van der Waals surface area contributed by atoms with E-state index >= 15 is 0 Å². The second kappa shape index (κ2) is 7.95. The molecule has 0 aliphatic carbocycles. The van der Waals surface area contributed by atoms with Crippen LogP contribution < -0.4 is 5.32 Å². The summed E-state index contributed by atoms with van der Waals surface area (Å²) in [7, 11) is 0. The van der Waals surface area contributed by atoms with Crippen LogP contribution in [0.25, 0.3) is 0 Å². The van der Waals surface area contributed by atoms with E-state index < -0.39 is 0 Å². The van der Waals surface area contributed by atoms with Crippen LogP contribution in [0, 0.1) is 0 Å². The highest BCUT2D eigenvalue weighted by Gasteiger charge is 2.14. The van der Waals surface area contributed by atoms with Crippen molar-refractivity contribution in [1.29, 1.82) is 0 Å². The van der Waals surface area contributed by atoms with Gasteiger partial charge in [-0.05, 0) is 26.0 Å². The number of hydrogen-bond acceptors (Lipinski definition) is 6. The summed E-state index contributed by atoms with van der Waals surface area (Å²) in [5.74, 6) is 0.432. The second-order valence-electron chi connectivity index (χ2n) is 5.11. The number of anilines is 1. The SMILES string of the molecule is CCOC(=O)c1ccc(NC(C)CN2CCOCC2)nc1. The molecule has 116 valence electrons. The van der Waals surface area contributed by atoms with Crippen LogP contribution >= 0.6 is 0 Å². The minimum absolute atomic E-state index is 0.282. The number of morpholine rings is 1.